The van der Waals surface area contributed by atoms with E-state index in [1.165, 1.54) is 6.26 Å². The molecular formula is C13H17F3O3. The standard InChI is InChI=1S/C13H17F3O3/c1-3-4-10-19-12(13(14,15)16)7-11-18-9-6-5-8-17-2/h1,6-7,9H,4-5,8,10-11H2,2H3/b9-6+,12-7+. The highest BCUT2D eigenvalue weighted by Gasteiger charge is 2.35. The predicted octanol–water partition coefficient (Wildman–Crippen LogP) is 3.04. The molecule has 0 spiro atoms. The van der Waals surface area contributed by atoms with E-state index >= 15 is 0 Å². The van der Waals surface area contributed by atoms with E-state index in [0.717, 1.165) is 6.08 Å². The van der Waals surface area contributed by atoms with Crippen LogP contribution in [0.25, 0.3) is 0 Å². The zero-order valence-electron chi connectivity index (χ0n) is 10.7. The van der Waals surface area contributed by atoms with Gasteiger partial charge in [-0.15, -0.1) is 12.3 Å². The normalized spacial score (nSPS) is 12.5. The van der Waals surface area contributed by atoms with Crippen molar-refractivity contribution in [1.29, 1.82) is 0 Å². The Hall–Kier alpha value is -1.61. The van der Waals surface area contributed by atoms with Crippen molar-refractivity contribution in [2.45, 2.75) is 19.0 Å². The van der Waals surface area contributed by atoms with Crippen LogP contribution in [-0.2, 0) is 14.2 Å². The van der Waals surface area contributed by atoms with E-state index in [9.17, 15) is 13.2 Å². The highest BCUT2D eigenvalue weighted by Crippen LogP contribution is 2.26. The number of halogens is 3. The number of hydrogen-bond donors (Lipinski definition) is 0. The molecule has 0 aromatic rings. The minimum absolute atomic E-state index is 0.116. The van der Waals surface area contributed by atoms with Crippen molar-refractivity contribution in [2.75, 3.05) is 26.9 Å². The molecule has 0 bridgehead atoms. The van der Waals surface area contributed by atoms with Crippen molar-refractivity contribution in [2.24, 2.45) is 0 Å². The van der Waals surface area contributed by atoms with E-state index in [2.05, 4.69) is 10.7 Å². The van der Waals surface area contributed by atoms with Gasteiger partial charge in [-0.05, 0) is 12.5 Å². The first-order valence-electron chi connectivity index (χ1n) is 5.61. The van der Waals surface area contributed by atoms with Crippen molar-refractivity contribution in [3.8, 4) is 12.3 Å². The lowest BCUT2D eigenvalue weighted by molar-refractivity contribution is -0.131. The van der Waals surface area contributed by atoms with Crippen LogP contribution in [0.2, 0.25) is 0 Å². The maximum Gasteiger partial charge on any atom is 0.448 e. The third-order valence-electron chi connectivity index (χ3n) is 1.83. The largest absolute Gasteiger partial charge is 0.497 e. The molecule has 0 aliphatic carbocycles. The Labute approximate surface area is 111 Å². The van der Waals surface area contributed by atoms with Gasteiger partial charge in [-0.1, -0.05) is 0 Å². The maximum atomic E-state index is 12.5. The zero-order valence-corrected chi connectivity index (χ0v) is 10.7. The second kappa shape index (κ2) is 10.3. The second-order valence-electron chi connectivity index (χ2n) is 3.36. The van der Waals surface area contributed by atoms with Gasteiger partial charge in [-0.3, -0.25) is 0 Å². The summed E-state index contributed by atoms with van der Waals surface area (Å²) in [5.74, 6) is 1.11. The van der Waals surface area contributed by atoms with Crippen molar-refractivity contribution < 1.29 is 27.4 Å². The quantitative estimate of drug-likeness (QED) is 0.368. The average molecular weight is 278 g/mol. The lowest BCUT2D eigenvalue weighted by Gasteiger charge is -2.12. The van der Waals surface area contributed by atoms with Crippen LogP contribution in [0.5, 0.6) is 0 Å². The van der Waals surface area contributed by atoms with Crippen molar-refractivity contribution in [1.82, 2.24) is 0 Å². The van der Waals surface area contributed by atoms with Crippen LogP contribution >= 0.6 is 0 Å². The van der Waals surface area contributed by atoms with E-state index in [-0.39, 0.29) is 19.6 Å². The molecule has 108 valence electrons. The number of alkyl halides is 3. The molecule has 0 heterocycles. The Morgan fingerprint density at radius 1 is 1.32 bits per heavy atom. The molecule has 0 N–H and O–H groups in total. The van der Waals surface area contributed by atoms with Crippen molar-refractivity contribution in [3.05, 3.63) is 24.2 Å². The van der Waals surface area contributed by atoms with E-state index in [1.54, 1.807) is 13.2 Å². The van der Waals surface area contributed by atoms with Gasteiger partial charge in [-0.25, -0.2) is 0 Å². The summed E-state index contributed by atoms with van der Waals surface area (Å²) in [6.45, 7) is 0.124. The monoisotopic (exact) mass is 278 g/mol. The zero-order chi connectivity index (χ0) is 14.6. The van der Waals surface area contributed by atoms with Crippen LogP contribution < -0.4 is 0 Å². The summed E-state index contributed by atoms with van der Waals surface area (Å²) < 4.78 is 51.7. The van der Waals surface area contributed by atoms with Gasteiger partial charge in [0.15, 0.2) is 5.76 Å². The third kappa shape index (κ3) is 10.0. The summed E-state index contributed by atoms with van der Waals surface area (Å²) in [6, 6.07) is 0. The summed E-state index contributed by atoms with van der Waals surface area (Å²) in [7, 11) is 1.56. The minimum atomic E-state index is -4.54. The van der Waals surface area contributed by atoms with Gasteiger partial charge in [0.05, 0.1) is 12.9 Å². The molecule has 0 rings (SSSR count). The minimum Gasteiger partial charge on any atom is -0.497 e. The van der Waals surface area contributed by atoms with Crippen molar-refractivity contribution in [3.63, 3.8) is 0 Å². The van der Waals surface area contributed by atoms with Gasteiger partial charge >= 0.3 is 6.18 Å². The van der Waals surface area contributed by atoms with E-state index in [0.29, 0.717) is 13.0 Å². The molecule has 0 aliphatic heterocycles. The smallest absolute Gasteiger partial charge is 0.448 e. The average Bonchev–Trinajstić information content (AvgIpc) is 2.34. The lowest BCUT2D eigenvalue weighted by atomic mass is 10.4. The number of hydrogen-bond acceptors (Lipinski definition) is 3. The number of methoxy groups -OCH3 is 1. The van der Waals surface area contributed by atoms with Crippen LogP contribution in [-0.4, -0.2) is 33.1 Å². The number of terminal acetylenes is 1. The lowest BCUT2D eigenvalue weighted by Crippen LogP contribution is -2.16. The van der Waals surface area contributed by atoms with Gasteiger partial charge in [0, 0.05) is 26.2 Å². The molecule has 0 atom stereocenters. The first kappa shape index (κ1) is 17.4. The molecule has 0 aromatic carbocycles. The van der Waals surface area contributed by atoms with Crippen LogP contribution in [0.15, 0.2) is 24.2 Å². The van der Waals surface area contributed by atoms with Crippen LogP contribution in [0.1, 0.15) is 12.8 Å². The Kier molecular flexibility index (Phi) is 9.45. The molecule has 0 aromatic heterocycles. The molecule has 3 nitrogen and oxygen atoms in total. The highest BCUT2D eigenvalue weighted by atomic mass is 19.4. The van der Waals surface area contributed by atoms with Crippen LogP contribution in [0.3, 0.4) is 0 Å². The fourth-order valence-corrected chi connectivity index (χ4v) is 0.978. The topological polar surface area (TPSA) is 27.7 Å². The first-order chi connectivity index (χ1) is 9.02. The molecule has 0 fully saturated rings. The summed E-state index contributed by atoms with van der Waals surface area (Å²) in [5.41, 5.74) is 0. The SMILES string of the molecule is C#CCCO/C(=C/CO/C=C/CCOC)C(F)(F)F. The summed E-state index contributed by atoms with van der Waals surface area (Å²) in [6.07, 6.45) is 4.94. The number of ether oxygens (including phenoxy) is 3. The Bertz CT molecular complexity index is 327. The molecule has 0 aliphatic rings. The van der Waals surface area contributed by atoms with Gasteiger partial charge in [0.1, 0.15) is 6.61 Å². The Balaban J connectivity index is 4.11. The van der Waals surface area contributed by atoms with Gasteiger partial charge < -0.3 is 14.2 Å². The fraction of sp³-hybridized carbons (Fsp3) is 0.538. The first-order valence-corrected chi connectivity index (χ1v) is 5.61. The third-order valence-corrected chi connectivity index (χ3v) is 1.83. The number of rotatable bonds is 9. The predicted molar refractivity (Wildman–Crippen MR) is 65.1 cm³/mol. The molecule has 0 unspecified atom stereocenters. The van der Waals surface area contributed by atoms with E-state index in [4.69, 9.17) is 15.9 Å². The Morgan fingerprint density at radius 3 is 2.63 bits per heavy atom. The van der Waals surface area contributed by atoms with Gasteiger partial charge in [0.25, 0.3) is 0 Å². The van der Waals surface area contributed by atoms with Gasteiger partial charge in [-0.2, -0.15) is 13.2 Å². The summed E-state index contributed by atoms with van der Waals surface area (Å²) in [5, 5.41) is 0. The highest BCUT2D eigenvalue weighted by molar-refractivity contribution is 5.01. The second-order valence-corrected chi connectivity index (χ2v) is 3.36. The van der Waals surface area contributed by atoms with Gasteiger partial charge in [0.2, 0.25) is 0 Å². The fourth-order valence-electron chi connectivity index (χ4n) is 0.978. The summed E-state index contributed by atoms with van der Waals surface area (Å²) in [4.78, 5) is 0. The molecule has 0 radical (unpaired) electrons. The van der Waals surface area contributed by atoms with Crippen LogP contribution in [0.4, 0.5) is 13.2 Å². The molecule has 0 saturated carbocycles. The summed E-state index contributed by atoms with van der Waals surface area (Å²) >= 11 is 0. The molecule has 0 saturated heterocycles. The molecule has 6 heteroatoms. The van der Waals surface area contributed by atoms with Crippen LogP contribution in [0, 0.1) is 12.3 Å². The molecular weight excluding hydrogens is 261 g/mol. The molecule has 0 amide bonds. The maximum absolute atomic E-state index is 12.5. The number of allylic oxidation sites excluding steroid dienone is 1. The van der Waals surface area contributed by atoms with E-state index < -0.39 is 11.9 Å². The van der Waals surface area contributed by atoms with E-state index in [1.807, 2.05) is 0 Å². The Morgan fingerprint density at radius 2 is 2.05 bits per heavy atom. The van der Waals surface area contributed by atoms with Crippen molar-refractivity contribution >= 4 is 0 Å². The molecule has 19 heavy (non-hydrogen) atoms.